The van der Waals surface area contributed by atoms with E-state index in [0.29, 0.717) is 45.1 Å². The molecular weight excluding hydrogens is 510 g/mol. The van der Waals surface area contributed by atoms with E-state index in [0.717, 1.165) is 18.6 Å². The summed E-state index contributed by atoms with van der Waals surface area (Å²) >= 11 is 0. The summed E-state index contributed by atoms with van der Waals surface area (Å²) in [7, 11) is 0. The molecular formula is C22H24F6N6O3. The number of hydrogen-bond acceptors (Lipinski definition) is 8. The van der Waals surface area contributed by atoms with Crippen molar-refractivity contribution >= 4 is 11.9 Å². The SMILES string of the molecule is C[C@@H](CO[C@@H]1CCN(C2CCN(c3ncc(C(F)(F)F)cn3)CC2)C1=O)Oc1cnncc1C(F)(F)F. The van der Waals surface area contributed by atoms with Crippen LogP contribution in [0, 0.1) is 0 Å². The molecule has 2 aromatic heterocycles. The van der Waals surface area contributed by atoms with Gasteiger partial charge in [-0.3, -0.25) is 4.79 Å². The first-order valence-corrected chi connectivity index (χ1v) is 11.5. The minimum absolute atomic E-state index is 0.0716. The third kappa shape index (κ3) is 6.37. The molecule has 1 amide bonds. The minimum Gasteiger partial charge on any atom is -0.486 e. The number of hydrogen-bond donors (Lipinski definition) is 0. The van der Waals surface area contributed by atoms with E-state index < -0.39 is 41.4 Å². The summed E-state index contributed by atoms with van der Waals surface area (Å²) in [6.07, 6.45) is -6.12. The van der Waals surface area contributed by atoms with Gasteiger partial charge in [-0.2, -0.15) is 36.5 Å². The fourth-order valence-corrected chi connectivity index (χ4v) is 4.32. The molecule has 0 N–H and O–H groups in total. The highest BCUT2D eigenvalue weighted by atomic mass is 19.4. The molecule has 15 heteroatoms. The number of carbonyl (C=O) groups is 1. The van der Waals surface area contributed by atoms with Gasteiger partial charge in [0.05, 0.1) is 24.6 Å². The lowest BCUT2D eigenvalue weighted by molar-refractivity contribution is -0.141. The number of ether oxygens (including phenoxy) is 2. The lowest BCUT2D eigenvalue weighted by atomic mass is 10.0. The molecule has 0 aliphatic carbocycles. The van der Waals surface area contributed by atoms with Crippen LogP contribution in [0.2, 0.25) is 0 Å². The van der Waals surface area contributed by atoms with E-state index >= 15 is 0 Å². The van der Waals surface area contributed by atoms with Gasteiger partial charge in [0, 0.05) is 44.5 Å². The zero-order chi connectivity index (χ0) is 26.8. The van der Waals surface area contributed by atoms with E-state index in [1.54, 1.807) is 9.80 Å². The molecule has 9 nitrogen and oxygen atoms in total. The first-order valence-electron chi connectivity index (χ1n) is 11.5. The number of halogens is 6. The monoisotopic (exact) mass is 534 g/mol. The second-order valence-electron chi connectivity index (χ2n) is 8.82. The first kappa shape index (κ1) is 26.8. The van der Waals surface area contributed by atoms with Gasteiger partial charge in [-0.15, -0.1) is 0 Å². The van der Waals surface area contributed by atoms with Gasteiger partial charge < -0.3 is 19.3 Å². The quantitative estimate of drug-likeness (QED) is 0.500. The second kappa shape index (κ2) is 10.6. The highest BCUT2D eigenvalue weighted by molar-refractivity contribution is 5.83. The number of likely N-dealkylation sites (tertiary alicyclic amines) is 1. The Bertz CT molecular complexity index is 1080. The van der Waals surface area contributed by atoms with Crippen molar-refractivity contribution in [2.24, 2.45) is 0 Å². The zero-order valence-electron chi connectivity index (χ0n) is 19.7. The van der Waals surface area contributed by atoms with Gasteiger partial charge in [0.15, 0.2) is 5.75 Å². The number of aromatic nitrogens is 4. The summed E-state index contributed by atoms with van der Waals surface area (Å²) in [5, 5.41) is 6.67. The van der Waals surface area contributed by atoms with Crippen LogP contribution in [-0.4, -0.2) is 75.5 Å². The highest BCUT2D eigenvalue weighted by Crippen LogP contribution is 2.35. The van der Waals surface area contributed by atoms with Gasteiger partial charge in [0.2, 0.25) is 5.95 Å². The van der Waals surface area contributed by atoms with Crippen LogP contribution >= 0.6 is 0 Å². The summed E-state index contributed by atoms with van der Waals surface area (Å²) in [4.78, 5) is 24.0. The number of alkyl halides is 6. The Morgan fingerprint density at radius 1 is 0.946 bits per heavy atom. The molecule has 2 fully saturated rings. The van der Waals surface area contributed by atoms with Gasteiger partial charge in [-0.1, -0.05) is 0 Å². The van der Waals surface area contributed by atoms with Crippen molar-refractivity contribution in [2.75, 3.05) is 31.1 Å². The zero-order valence-corrected chi connectivity index (χ0v) is 19.7. The maximum atomic E-state index is 13.1. The Morgan fingerprint density at radius 3 is 2.22 bits per heavy atom. The van der Waals surface area contributed by atoms with Crippen LogP contribution in [0.5, 0.6) is 5.75 Å². The fourth-order valence-electron chi connectivity index (χ4n) is 4.32. The highest BCUT2D eigenvalue weighted by Gasteiger charge is 2.39. The lowest BCUT2D eigenvalue weighted by Gasteiger charge is -2.36. The Hall–Kier alpha value is -3.23. The van der Waals surface area contributed by atoms with Gasteiger partial charge in [0.1, 0.15) is 17.8 Å². The average molecular weight is 534 g/mol. The number of amides is 1. The largest absolute Gasteiger partial charge is 0.486 e. The topological polar surface area (TPSA) is 93.6 Å². The van der Waals surface area contributed by atoms with Crippen molar-refractivity contribution < 1.29 is 40.6 Å². The van der Waals surface area contributed by atoms with E-state index in [-0.39, 0.29) is 24.5 Å². The molecule has 2 saturated heterocycles. The molecule has 2 atom stereocenters. The average Bonchev–Trinajstić information content (AvgIpc) is 3.22. The van der Waals surface area contributed by atoms with Crippen LogP contribution in [0.1, 0.15) is 37.3 Å². The van der Waals surface area contributed by atoms with Crippen molar-refractivity contribution in [1.29, 1.82) is 0 Å². The van der Waals surface area contributed by atoms with E-state index in [1.165, 1.54) is 6.92 Å². The predicted molar refractivity (Wildman–Crippen MR) is 115 cm³/mol. The summed E-state index contributed by atoms with van der Waals surface area (Å²) in [5.74, 6) is -0.479. The number of carbonyl (C=O) groups excluding carboxylic acids is 1. The lowest BCUT2D eigenvalue weighted by Crippen LogP contribution is -2.47. The predicted octanol–water partition coefficient (Wildman–Crippen LogP) is 3.36. The van der Waals surface area contributed by atoms with Gasteiger partial charge in [-0.25, -0.2) is 9.97 Å². The standard InChI is InChI=1S/C22H24F6N6O3/c1-13(37-18-11-32-31-10-16(18)22(26,27)28)12-36-17-4-7-34(19(17)35)15-2-5-33(6-3-15)20-29-8-14(9-30-20)21(23,24)25/h8-11,13,15,17H,2-7,12H2,1H3/t13-,17+/m0/s1. The molecule has 0 bridgehead atoms. The van der Waals surface area contributed by atoms with Crippen molar-refractivity contribution in [1.82, 2.24) is 25.1 Å². The van der Waals surface area contributed by atoms with E-state index in [4.69, 9.17) is 9.47 Å². The molecule has 37 heavy (non-hydrogen) atoms. The van der Waals surface area contributed by atoms with Crippen molar-refractivity contribution in [3.8, 4) is 5.75 Å². The van der Waals surface area contributed by atoms with E-state index in [1.807, 2.05) is 0 Å². The van der Waals surface area contributed by atoms with Crippen molar-refractivity contribution in [3.63, 3.8) is 0 Å². The van der Waals surface area contributed by atoms with E-state index in [2.05, 4.69) is 20.2 Å². The van der Waals surface area contributed by atoms with Crippen LogP contribution < -0.4 is 9.64 Å². The number of anilines is 1. The molecule has 0 spiro atoms. The Labute approximate surface area is 207 Å². The van der Waals surface area contributed by atoms with Crippen LogP contribution in [0.15, 0.2) is 24.8 Å². The summed E-state index contributed by atoms with van der Waals surface area (Å²) in [6.45, 7) is 2.83. The van der Waals surface area contributed by atoms with Crippen LogP contribution in [0.4, 0.5) is 32.3 Å². The molecule has 202 valence electrons. The third-order valence-corrected chi connectivity index (χ3v) is 6.20. The number of nitrogens with zero attached hydrogens (tertiary/aromatic N) is 6. The Balaban J connectivity index is 1.25. The normalized spacial score (nSPS) is 20.4. The first-order chi connectivity index (χ1) is 17.4. The van der Waals surface area contributed by atoms with Crippen LogP contribution in [0.25, 0.3) is 0 Å². The van der Waals surface area contributed by atoms with E-state index in [9.17, 15) is 31.1 Å². The molecule has 0 radical (unpaired) electrons. The summed E-state index contributed by atoms with van der Waals surface area (Å²) < 4.78 is 88.5. The second-order valence-corrected chi connectivity index (χ2v) is 8.82. The fraction of sp³-hybridized carbons (Fsp3) is 0.591. The van der Waals surface area contributed by atoms with Crippen molar-refractivity contribution in [3.05, 3.63) is 35.9 Å². The molecule has 2 aliphatic rings. The molecule has 0 saturated carbocycles. The van der Waals surface area contributed by atoms with Crippen LogP contribution in [0.3, 0.4) is 0 Å². The molecule has 0 unspecified atom stereocenters. The summed E-state index contributed by atoms with van der Waals surface area (Å²) in [5.41, 5.74) is -1.97. The molecule has 2 aromatic rings. The van der Waals surface area contributed by atoms with Crippen molar-refractivity contribution in [2.45, 2.75) is 56.8 Å². The summed E-state index contributed by atoms with van der Waals surface area (Å²) in [6, 6.07) is -0.0716. The number of piperidine rings is 1. The Kier molecular flexibility index (Phi) is 7.71. The maximum absolute atomic E-state index is 13.1. The van der Waals surface area contributed by atoms with Crippen LogP contribution in [-0.2, 0) is 21.9 Å². The molecule has 4 rings (SSSR count). The molecule has 0 aromatic carbocycles. The molecule has 2 aliphatic heterocycles. The maximum Gasteiger partial charge on any atom is 0.421 e. The van der Waals surface area contributed by atoms with Gasteiger partial charge in [-0.05, 0) is 19.8 Å². The molecule has 4 heterocycles. The van der Waals surface area contributed by atoms with Gasteiger partial charge in [0.25, 0.3) is 5.91 Å². The van der Waals surface area contributed by atoms with Gasteiger partial charge >= 0.3 is 12.4 Å². The smallest absolute Gasteiger partial charge is 0.421 e. The Morgan fingerprint density at radius 2 is 1.59 bits per heavy atom. The number of rotatable bonds is 7. The minimum atomic E-state index is -4.65. The third-order valence-electron chi connectivity index (χ3n) is 6.20.